The molecule has 0 aliphatic rings. The summed E-state index contributed by atoms with van der Waals surface area (Å²) in [5.74, 6) is -0.109. The minimum Gasteiger partial charge on any atom is -0.872 e. The van der Waals surface area contributed by atoms with Crippen LogP contribution in [0.2, 0.25) is 0 Å². The molecule has 2 nitrogen and oxygen atoms in total. The Morgan fingerprint density at radius 1 is 1.06 bits per heavy atom. The van der Waals surface area contributed by atoms with Gasteiger partial charge in [0.2, 0.25) is 0 Å². The first-order valence-electron chi connectivity index (χ1n) is 5.06. The summed E-state index contributed by atoms with van der Waals surface area (Å²) in [6, 6.07) is 14.0. The minimum absolute atomic E-state index is 0. The third kappa shape index (κ3) is 3.19. The van der Waals surface area contributed by atoms with E-state index in [0.717, 1.165) is 5.56 Å². The molecule has 0 N–H and O–H groups in total. The van der Waals surface area contributed by atoms with E-state index in [1.807, 2.05) is 30.3 Å². The number of rotatable bonds is 2. The summed E-state index contributed by atoms with van der Waals surface area (Å²) in [5, 5.41) is 11.3. The molecule has 2 rings (SSSR count). The van der Waals surface area contributed by atoms with Crippen LogP contribution in [0.1, 0.15) is 17.3 Å². The summed E-state index contributed by atoms with van der Waals surface area (Å²) in [6.07, 6.45) is 0. The molecule has 0 aliphatic carbocycles. The molecule has 0 spiro atoms. The molecule has 2 aromatic carbocycles. The van der Waals surface area contributed by atoms with E-state index in [0.29, 0.717) is 11.1 Å². The van der Waals surface area contributed by atoms with Crippen molar-refractivity contribution in [3.8, 4) is 16.9 Å². The fourth-order valence-electron chi connectivity index (χ4n) is 1.69. The van der Waals surface area contributed by atoms with E-state index in [-0.39, 0.29) is 41.1 Å². The second kappa shape index (κ2) is 6.01. The fourth-order valence-corrected chi connectivity index (χ4v) is 1.69. The maximum atomic E-state index is 11.4. The third-order valence-corrected chi connectivity index (χ3v) is 2.46. The minimum atomic E-state index is -0.0798. The van der Waals surface area contributed by atoms with Crippen molar-refractivity contribution in [2.24, 2.45) is 0 Å². The standard InChI is InChI=1S/C14H12O2.Na/c1-10(15)13-8-7-12(16)9-14(13)11-5-3-2-4-6-11;/h2-9,16H,1H3;/q;+1/p-1. The number of ketones is 1. The van der Waals surface area contributed by atoms with Crippen molar-refractivity contribution in [1.29, 1.82) is 0 Å². The van der Waals surface area contributed by atoms with Crippen LogP contribution in [0.25, 0.3) is 11.1 Å². The zero-order valence-corrected chi connectivity index (χ0v) is 11.9. The molecule has 0 saturated heterocycles. The molecule has 0 unspecified atom stereocenters. The van der Waals surface area contributed by atoms with E-state index in [4.69, 9.17) is 0 Å². The van der Waals surface area contributed by atoms with E-state index in [2.05, 4.69) is 0 Å². The van der Waals surface area contributed by atoms with Gasteiger partial charge in [0.25, 0.3) is 0 Å². The Labute approximate surface area is 123 Å². The van der Waals surface area contributed by atoms with Crippen LogP contribution in [-0.2, 0) is 0 Å². The predicted octanol–water partition coefficient (Wildman–Crippen LogP) is -0.366. The molecular formula is C14H11NaO2. The zero-order valence-electron chi connectivity index (χ0n) is 9.94. The SMILES string of the molecule is CC(=O)c1ccc([O-])cc1-c1ccccc1.[Na+]. The molecule has 0 heterocycles. The maximum absolute atomic E-state index is 11.4. The second-order valence-corrected chi connectivity index (χ2v) is 3.63. The number of Topliss-reactive ketones (excluding diaryl/α,β-unsaturated/α-hetero) is 1. The number of carbonyl (C=O) groups is 1. The summed E-state index contributed by atoms with van der Waals surface area (Å²) < 4.78 is 0. The van der Waals surface area contributed by atoms with Gasteiger partial charge < -0.3 is 5.11 Å². The average Bonchev–Trinajstić information content (AvgIpc) is 2.29. The van der Waals surface area contributed by atoms with Crippen molar-refractivity contribution < 1.29 is 39.5 Å². The molecule has 0 saturated carbocycles. The molecule has 0 aliphatic heterocycles. The van der Waals surface area contributed by atoms with Crippen molar-refractivity contribution in [2.75, 3.05) is 0 Å². The van der Waals surface area contributed by atoms with Gasteiger partial charge in [-0.05, 0) is 18.1 Å². The number of hydrogen-bond acceptors (Lipinski definition) is 2. The molecule has 17 heavy (non-hydrogen) atoms. The van der Waals surface area contributed by atoms with Crippen molar-refractivity contribution in [2.45, 2.75) is 6.92 Å². The van der Waals surface area contributed by atoms with E-state index >= 15 is 0 Å². The summed E-state index contributed by atoms with van der Waals surface area (Å²) >= 11 is 0. The largest absolute Gasteiger partial charge is 1.00 e. The molecule has 80 valence electrons. The molecular weight excluding hydrogens is 223 g/mol. The summed E-state index contributed by atoms with van der Waals surface area (Å²) in [7, 11) is 0. The monoisotopic (exact) mass is 234 g/mol. The van der Waals surface area contributed by atoms with Gasteiger partial charge in [-0.2, -0.15) is 0 Å². The summed E-state index contributed by atoms with van der Waals surface area (Å²) in [5.41, 5.74) is 2.19. The predicted molar refractivity (Wildman–Crippen MR) is 61.3 cm³/mol. The molecule has 0 radical (unpaired) electrons. The Bertz CT molecular complexity index is 521. The maximum Gasteiger partial charge on any atom is 1.00 e. The normalized spacial score (nSPS) is 9.47. The molecule has 0 bridgehead atoms. The third-order valence-electron chi connectivity index (χ3n) is 2.46. The molecule has 0 fully saturated rings. The first-order valence-corrected chi connectivity index (χ1v) is 5.06. The van der Waals surface area contributed by atoms with Crippen LogP contribution in [-0.4, -0.2) is 5.78 Å². The fraction of sp³-hybridized carbons (Fsp3) is 0.0714. The van der Waals surface area contributed by atoms with Gasteiger partial charge in [0.15, 0.2) is 5.78 Å². The number of carbonyl (C=O) groups excluding carboxylic acids is 1. The van der Waals surface area contributed by atoms with Gasteiger partial charge in [0.1, 0.15) is 0 Å². The first-order chi connectivity index (χ1) is 7.68. The Hall–Kier alpha value is -1.09. The van der Waals surface area contributed by atoms with Crippen LogP contribution in [0.15, 0.2) is 48.5 Å². The van der Waals surface area contributed by atoms with Crippen LogP contribution in [0.4, 0.5) is 0 Å². The van der Waals surface area contributed by atoms with E-state index in [1.165, 1.54) is 19.1 Å². The topological polar surface area (TPSA) is 40.1 Å². The Balaban J connectivity index is 0.00000144. The Morgan fingerprint density at radius 2 is 1.71 bits per heavy atom. The quantitative estimate of drug-likeness (QED) is 0.525. The van der Waals surface area contributed by atoms with Crippen LogP contribution < -0.4 is 34.7 Å². The van der Waals surface area contributed by atoms with Crippen molar-refractivity contribution in [3.63, 3.8) is 0 Å². The molecule has 0 aromatic heterocycles. The summed E-state index contributed by atoms with van der Waals surface area (Å²) in [6.45, 7) is 1.51. The molecule has 0 atom stereocenters. The number of hydrogen-bond donors (Lipinski definition) is 0. The van der Waals surface area contributed by atoms with Crippen LogP contribution >= 0.6 is 0 Å². The van der Waals surface area contributed by atoms with Crippen molar-refractivity contribution in [1.82, 2.24) is 0 Å². The van der Waals surface area contributed by atoms with E-state index in [9.17, 15) is 9.90 Å². The van der Waals surface area contributed by atoms with E-state index < -0.39 is 0 Å². The van der Waals surface area contributed by atoms with Crippen LogP contribution in [0, 0.1) is 0 Å². The van der Waals surface area contributed by atoms with Gasteiger partial charge >= 0.3 is 29.6 Å². The zero-order chi connectivity index (χ0) is 11.5. The van der Waals surface area contributed by atoms with Crippen LogP contribution in [0.5, 0.6) is 5.75 Å². The Morgan fingerprint density at radius 3 is 2.29 bits per heavy atom. The van der Waals surface area contributed by atoms with Gasteiger partial charge in [-0.15, -0.1) is 5.75 Å². The van der Waals surface area contributed by atoms with E-state index in [1.54, 1.807) is 6.07 Å². The van der Waals surface area contributed by atoms with Gasteiger partial charge in [-0.25, -0.2) is 0 Å². The molecule has 0 amide bonds. The van der Waals surface area contributed by atoms with Gasteiger partial charge in [-0.3, -0.25) is 4.79 Å². The van der Waals surface area contributed by atoms with Crippen LogP contribution in [0.3, 0.4) is 0 Å². The van der Waals surface area contributed by atoms with Crippen molar-refractivity contribution >= 4 is 5.78 Å². The summed E-state index contributed by atoms with van der Waals surface area (Å²) in [4.78, 5) is 11.4. The molecule has 2 aromatic rings. The average molecular weight is 234 g/mol. The van der Waals surface area contributed by atoms with Gasteiger partial charge in [0, 0.05) is 5.56 Å². The smallest absolute Gasteiger partial charge is 0.872 e. The first kappa shape index (κ1) is 14.0. The van der Waals surface area contributed by atoms with Gasteiger partial charge in [0.05, 0.1) is 0 Å². The van der Waals surface area contributed by atoms with Crippen molar-refractivity contribution in [3.05, 3.63) is 54.1 Å². The van der Waals surface area contributed by atoms with Gasteiger partial charge in [-0.1, -0.05) is 48.5 Å². The molecule has 3 heteroatoms. The second-order valence-electron chi connectivity index (χ2n) is 3.63. The number of benzene rings is 2. The Kier molecular flexibility index (Phi) is 4.94.